The zero-order valence-corrected chi connectivity index (χ0v) is 19.8. The standard InChI is InChI=1S/C22H30N2O7S/c1-6-30-20-10-8-16(12-21(20)31-7-2)14-23-22(25)15-24(32(5,26)27)18-13-17(28-3)9-11-19(18)29-4/h8-13H,6-7,14-15H2,1-5H3,(H,23,25). The third kappa shape index (κ3) is 6.68. The molecule has 0 unspecified atom stereocenters. The van der Waals surface area contributed by atoms with Crippen LogP contribution in [0.3, 0.4) is 0 Å². The number of anilines is 1. The Morgan fingerprint density at radius 2 is 1.59 bits per heavy atom. The predicted molar refractivity (Wildman–Crippen MR) is 122 cm³/mol. The van der Waals surface area contributed by atoms with E-state index >= 15 is 0 Å². The highest BCUT2D eigenvalue weighted by Gasteiger charge is 2.24. The fourth-order valence-electron chi connectivity index (χ4n) is 2.97. The first-order chi connectivity index (χ1) is 15.2. The number of hydrogen-bond acceptors (Lipinski definition) is 7. The number of amides is 1. The lowest BCUT2D eigenvalue weighted by atomic mass is 10.2. The molecule has 0 radical (unpaired) electrons. The maximum Gasteiger partial charge on any atom is 0.241 e. The highest BCUT2D eigenvalue weighted by Crippen LogP contribution is 2.33. The number of ether oxygens (including phenoxy) is 4. The van der Waals surface area contributed by atoms with Crippen LogP contribution in [0.1, 0.15) is 19.4 Å². The lowest BCUT2D eigenvalue weighted by Gasteiger charge is -2.24. The molecule has 10 heteroatoms. The molecular weight excluding hydrogens is 436 g/mol. The molecule has 0 aliphatic rings. The molecule has 0 aliphatic heterocycles. The van der Waals surface area contributed by atoms with Crippen molar-refractivity contribution in [3.05, 3.63) is 42.0 Å². The largest absolute Gasteiger partial charge is 0.497 e. The molecule has 0 saturated carbocycles. The number of carbonyl (C=O) groups excluding carboxylic acids is 1. The molecule has 176 valence electrons. The van der Waals surface area contributed by atoms with Crippen LogP contribution in [0.25, 0.3) is 0 Å². The minimum atomic E-state index is -3.78. The fourth-order valence-corrected chi connectivity index (χ4v) is 3.82. The maximum absolute atomic E-state index is 12.6. The van der Waals surface area contributed by atoms with E-state index in [4.69, 9.17) is 18.9 Å². The van der Waals surface area contributed by atoms with Crippen LogP contribution in [0.5, 0.6) is 23.0 Å². The highest BCUT2D eigenvalue weighted by molar-refractivity contribution is 7.92. The van der Waals surface area contributed by atoms with E-state index in [-0.39, 0.29) is 12.2 Å². The van der Waals surface area contributed by atoms with Crippen molar-refractivity contribution in [1.82, 2.24) is 5.32 Å². The van der Waals surface area contributed by atoms with Gasteiger partial charge in [-0.15, -0.1) is 0 Å². The Bertz CT molecular complexity index is 1020. The summed E-state index contributed by atoms with van der Waals surface area (Å²) in [5.41, 5.74) is 0.999. The van der Waals surface area contributed by atoms with E-state index in [2.05, 4.69) is 5.32 Å². The van der Waals surface area contributed by atoms with Crippen LogP contribution < -0.4 is 28.6 Å². The average molecular weight is 467 g/mol. The Labute approximate surface area is 189 Å². The molecule has 0 spiro atoms. The lowest BCUT2D eigenvalue weighted by molar-refractivity contribution is -0.119. The van der Waals surface area contributed by atoms with Crippen LogP contribution >= 0.6 is 0 Å². The summed E-state index contributed by atoms with van der Waals surface area (Å²) in [7, 11) is -0.886. The monoisotopic (exact) mass is 466 g/mol. The van der Waals surface area contributed by atoms with E-state index in [0.717, 1.165) is 16.1 Å². The van der Waals surface area contributed by atoms with Crippen molar-refractivity contribution in [2.45, 2.75) is 20.4 Å². The van der Waals surface area contributed by atoms with Crippen LogP contribution in [0, 0.1) is 0 Å². The van der Waals surface area contributed by atoms with Crippen LogP contribution in [0.15, 0.2) is 36.4 Å². The van der Waals surface area contributed by atoms with E-state index in [1.807, 2.05) is 19.9 Å². The summed E-state index contributed by atoms with van der Waals surface area (Å²) in [6, 6.07) is 10.1. The van der Waals surface area contributed by atoms with Gasteiger partial charge < -0.3 is 24.3 Å². The van der Waals surface area contributed by atoms with Crippen molar-refractivity contribution in [2.24, 2.45) is 0 Å². The van der Waals surface area contributed by atoms with Crippen molar-refractivity contribution in [3.8, 4) is 23.0 Å². The quantitative estimate of drug-likeness (QED) is 0.513. The van der Waals surface area contributed by atoms with Gasteiger partial charge in [-0.2, -0.15) is 0 Å². The van der Waals surface area contributed by atoms with Gasteiger partial charge in [0.1, 0.15) is 18.0 Å². The molecule has 0 aliphatic carbocycles. The topological polar surface area (TPSA) is 103 Å². The summed E-state index contributed by atoms with van der Waals surface area (Å²) in [5, 5.41) is 2.74. The van der Waals surface area contributed by atoms with Gasteiger partial charge in [0.05, 0.1) is 39.4 Å². The number of nitrogens with zero attached hydrogens (tertiary/aromatic N) is 1. The van der Waals surface area contributed by atoms with E-state index in [1.54, 1.807) is 24.3 Å². The second kappa shape index (κ2) is 11.5. The van der Waals surface area contributed by atoms with Gasteiger partial charge in [-0.3, -0.25) is 9.10 Å². The van der Waals surface area contributed by atoms with Crippen molar-refractivity contribution < 1.29 is 32.2 Å². The first kappa shape index (κ1) is 25.1. The highest BCUT2D eigenvalue weighted by atomic mass is 32.2. The molecule has 2 aromatic carbocycles. The van der Waals surface area contributed by atoms with Crippen molar-refractivity contribution in [2.75, 3.05) is 44.5 Å². The Balaban J connectivity index is 2.18. The molecule has 0 atom stereocenters. The Hall–Kier alpha value is -3.14. The van der Waals surface area contributed by atoms with Crippen molar-refractivity contribution in [3.63, 3.8) is 0 Å². The number of hydrogen-bond donors (Lipinski definition) is 1. The molecule has 1 N–H and O–H groups in total. The average Bonchev–Trinajstić information content (AvgIpc) is 2.76. The summed E-state index contributed by atoms with van der Waals surface area (Å²) in [5.74, 6) is 1.47. The number of benzene rings is 2. The van der Waals surface area contributed by atoms with Gasteiger partial charge in [-0.1, -0.05) is 6.07 Å². The maximum atomic E-state index is 12.6. The summed E-state index contributed by atoms with van der Waals surface area (Å²) < 4.78 is 47.5. The van der Waals surface area contributed by atoms with Gasteiger partial charge >= 0.3 is 0 Å². The fraction of sp³-hybridized carbons (Fsp3) is 0.409. The second-order valence-electron chi connectivity index (χ2n) is 6.73. The number of methoxy groups -OCH3 is 2. The molecule has 9 nitrogen and oxygen atoms in total. The summed E-state index contributed by atoms with van der Waals surface area (Å²) in [4.78, 5) is 12.6. The van der Waals surface area contributed by atoms with Gasteiger partial charge in [-0.05, 0) is 43.7 Å². The van der Waals surface area contributed by atoms with Gasteiger partial charge in [-0.25, -0.2) is 8.42 Å². The van der Waals surface area contributed by atoms with Gasteiger partial charge in [0.25, 0.3) is 0 Å². The minimum Gasteiger partial charge on any atom is -0.497 e. The lowest BCUT2D eigenvalue weighted by Crippen LogP contribution is -2.40. The van der Waals surface area contributed by atoms with E-state index in [1.165, 1.54) is 20.3 Å². The predicted octanol–water partition coefficient (Wildman–Crippen LogP) is 2.58. The third-order valence-corrected chi connectivity index (χ3v) is 5.57. The van der Waals surface area contributed by atoms with E-state index < -0.39 is 22.5 Å². The molecule has 2 rings (SSSR count). The zero-order chi connectivity index (χ0) is 23.7. The molecule has 2 aromatic rings. The van der Waals surface area contributed by atoms with Gasteiger partial charge in [0, 0.05) is 12.6 Å². The van der Waals surface area contributed by atoms with Crippen LogP contribution in [-0.2, 0) is 21.4 Å². The molecule has 0 saturated heterocycles. The summed E-state index contributed by atoms with van der Waals surface area (Å²) in [6.07, 6.45) is 1.03. The third-order valence-electron chi connectivity index (χ3n) is 4.44. The van der Waals surface area contributed by atoms with Crippen molar-refractivity contribution in [1.29, 1.82) is 0 Å². The summed E-state index contributed by atoms with van der Waals surface area (Å²) >= 11 is 0. The molecule has 0 heterocycles. The number of nitrogens with one attached hydrogen (secondary N) is 1. The van der Waals surface area contributed by atoms with Crippen molar-refractivity contribution >= 4 is 21.6 Å². The zero-order valence-electron chi connectivity index (χ0n) is 19.0. The number of rotatable bonds is 12. The van der Waals surface area contributed by atoms with Crippen LogP contribution in [-0.4, -0.2) is 54.6 Å². The minimum absolute atomic E-state index is 0.193. The Morgan fingerprint density at radius 1 is 0.938 bits per heavy atom. The molecule has 32 heavy (non-hydrogen) atoms. The molecule has 0 aromatic heterocycles. The molecule has 1 amide bonds. The molecule has 0 fully saturated rings. The Kier molecular flexibility index (Phi) is 9.01. The first-order valence-corrected chi connectivity index (χ1v) is 11.9. The van der Waals surface area contributed by atoms with Gasteiger partial charge in [0.15, 0.2) is 11.5 Å². The second-order valence-corrected chi connectivity index (χ2v) is 8.64. The van der Waals surface area contributed by atoms with Gasteiger partial charge in [0.2, 0.25) is 15.9 Å². The number of sulfonamides is 1. The normalized spacial score (nSPS) is 10.9. The molecule has 0 bridgehead atoms. The SMILES string of the molecule is CCOc1ccc(CNC(=O)CN(c2cc(OC)ccc2OC)S(C)(=O)=O)cc1OCC. The van der Waals surface area contributed by atoms with Crippen LogP contribution in [0.2, 0.25) is 0 Å². The smallest absolute Gasteiger partial charge is 0.241 e. The summed E-state index contributed by atoms with van der Waals surface area (Å²) in [6.45, 7) is 4.51. The van der Waals surface area contributed by atoms with E-state index in [0.29, 0.717) is 36.2 Å². The Morgan fingerprint density at radius 3 is 2.19 bits per heavy atom. The molecular formula is C22H30N2O7S. The first-order valence-electron chi connectivity index (χ1n) is 10.1. The van der Waals surface area contributed by atoms with Crippen LogP contribution in [0.4, 0.5) is 5.69 Å². The van der Waals surface area contributed by atoms with E-state index in [9.17, 15) is 13.2 Å². The number of carbonyl (C=O) groups is 1.